The van der Waals surface area contributed by atoms with Crippen LogP contribution in [0.1, 0.15) is 23.8 Å². The van der Waals surface area contributed by atoms with Gasteiger partial charge in [0, 0.05) is 30.4 Å². The maximum atomic E-state index is 12.3. The van der Waals surface area contributed by atoms with E-state index in [1.807, 2.05) is 39.4 Å². The van der Waals surface area contributed by atoms with E-state index >= 15 is 0 Å². The van der Waals surface area contributed by atoms with E-state index in [1.54, 1.807) is 17.5 Å². The first-order chi connectivity index (χ1) is 9.33. The molecule has 0 radical (unpaired) electrons. The topological polar surface area (TPSA) is 38.1 Å². The van der Waals surface area contributed by atoms with E-state index < -0.39 is 0 Å². The minimum Gasteiger partial charge on any atom is -0.340 e. The van der Waals surface area contributed by atoms with E-state index in [-0.39, 0.29) is 5.91 Å². The van der Waals surface area contributed by atoms with E-state index in [9.17, 15) is 4.79 Å². The molecule has 1 amide bonds. The molecule has 1 saturated heterocycles. The lowest BCUT2D eigenvalue weighted by Crippen LogP contribution is -2.41. The Morgan fingerprint density at radius 3 is 3.16 bits per heavy atom. The van der Waals surface area contributed by atoms with Gasteiger partial charge in [-0.3, -0.25) is 9.48 Å². The Morgan fingerprint density at radius 1 is 1.47 bits per heavy atom. The average Bonchev–Trinajstić information content (AvgIpc) is 3.12. The number of hydrogen-bond donors (Lipinski definition) is 0. The molecule has 0 bridgehead atoms. The molecule has 1 atom stereocenters. The Morgan fingerprint density at radius 2 is 2.42 bits per heavy atom. The van der Waals surface area contributed by atoms with Crippen molar-refractivity contribution in [2.75, 3.05) is 13.1 Å². The van der Waals surface area contributed by atoms with Crippen molar-refractivity contribution >= 4 is 17.2 Å². The molecule has 0 aliphatic carbocycles. The fourth-order valence-electron chi connectivity index (χ4n) is 2.57. The number of amides is 1. The van der Waals surface area contributed by atoms with Crippen LogP contribution >= 0.6 is 11.3 Å². The summed E-state index contributed by atoms with van der Waals surface area (Å²) in [5.74, 6) is 0.235. The summed E-state index contributed by atoms with van der Waals surface area (Å²) in [6.07, 6.45) is 6.47. The Kier molecular flexibility index (Phi) is 3.64. The van der Waals surface area contributed by atoms with Gasteiger partial charge in [-0.15, -0.1) is 11.3 Å². The Bertz CT molecular complexity index is 521. The van der Waals surface area contributed by atoms with E-state index in [4.69, 9.17) is 0 Å². The molecule has 0 spiro atoms. The molecule has 1 fully saturated rings. The maximum absolute atomic E-state index is 12.3. The average molecular weight is 275 g/mol. The summed E-state index contributed by atoms with van der Waals surface area (Å²) in [6.45, 7) is 1.66. The lowest BCUT2D eigenvalue weighted by atomic mass is 10.1. The van der Waals surface area contributed by atoms with Crippen molar-refractivity contribution in [2.24, 2.45) is 0 Å². The van der Waals surface area contributed by atoms with Gasteiger partial charge < -0.3 is 4.90 Å². The zero-order valence-electron chi connectivity index (χ0n) is 10.7. The predicted octanol–water partition coefficient (Wildman–Crippen LogP) is 2.35. The highest BCUT2D eigenvalue weighted by Gasteiger charge is 2.24. The van der Waals surface area contributed by atoms with Crippen LogP contribution in [0.5, 0.6) is 0 Å². The molecule has 0 N–H and O–H groups in total. The fraction of sp³-hybridized carbons (Fsp3) is 0.429. The van der Waals surface area contributed by atoms with E-state index in [0.29, 0.717) is 12.5 Å². The van der Waals surface area contributed by atoms with Crippen LogP contribution in [0, 0.1) is 0 Å². The van der Waals surface area contributed by atoms with Crippen LogP contribution in [0.3, 0.4) is 0 Å². The van der Waals surface area contributed by atoms with Crippen LogP contribution in [-0.2, 0) is 11.2 Å². The van der Waals surface area contributed by atoms with Crippen molar-refractivity contribution in [1.82, 2.24) is 14.7 Å². The summed E-state index contributed by atoms with van der Waals surface area (Å²) in [4.78, 5) is 15.4. The minimum atomic E-state index is 0.235. The summed E-state index contributed by atoms with van der Waals surface area (Å²) in [6, 6.07) is 6.29. The van der Waals surface area contributed by atoms with Crippen molar-refractivity contribution < 1.29 is 4.79 Å². The third-order valence-electron chi connectivity index (χ3n) is 3.55. The van der Waals surface area contributed by atoms with Gasteiger partial charge in [0.05, 0.1) is 12.5 Å². The van der Waals surface area contributed by atoms with Crippen LogP contribution in [0.15, 0.2) is 36.0 Å². The molecule has 100 valence electrons. The summed E-state index contributed by atoms with van der Waals surface area (Å²) in [5, 5.41) is 6.31. The number of aromatic nitrogens is 2. The number of carbonyl (C=O) groups is 1. The van der Waals surface area contributed by atoms with Gasteiger partial charge in [-0.1, -0.05) is 6.07 Å². The van der Waals surface area contributed by atoms with Gasteiger partial charge in [-0.05, 0) is 30.4 Å². The quantitative estimate of drug-likeness (QED) is 0.862. The third kappa shape index (κ3) is 2.87. The zero-order chi connectivity index (χ0) is 13.1. The van der Waals surface area contributed by atoms with Crippen LogP contribution in [0.2, 0.25) is 0 Å². The van der Waals surface area contributed by atoms with Gasteiger partial charge in [0.25, 0.3) is 0 Å². The van der Waals surface area contributed by atoms with Crippen molar-refractivity contribution in [1.29, 1.82) is 0 Å². The largest absolute Gasteiger partial charge is 0.340 e. The molecular formula is C14H17N3OS. The van der Waals surface area contributed by atoms with Crippen LogP contribution in [0.4, 0.5) is 0 Å². The molecule has 0 aromatic carbocycles. The van der Waals surface area contributed by atoms with Crippen LogP contribution in [0.25, 0.3) is 0 Å². The second kappa shape index (κ2) is 5.57. The lowest BCUT2D eigenvalue weighted by molar-refractivity contribution is -0.132. The lowest BCUT2D eigenvalue weighted by Gasteiger charge is -2.32. The SMILES string of the molecule is O=C(Cc1cccs1)N1CCCC(n2cccn2)C1. The molecule has 1 aliphatic heterocycles. The second-order valence-corrected chi connectivity index (χ2v) is 5.91. The maximum Gasteiger partial charge on any atom is 0.227 e. The molecule has 5 heteroatoms. The monoisotopic (exact) mass is 275 g/mol. The third-order valence-corrected chi connectivity index (χ3v) is 4.43. The molecule has 3 rings (SSSR count). The van der Waals surface area contributed by atoms with Gasteiger partial charge in [0.2, 0.25) is 5.91 Å². The first-order valence-electron chi connectivity index (χ1n) is 6.62. The molecule has 2 aromatic rings. The molecule has 0 saturated carbocycles. The highest BCUT2D eigenvalue weighted by molar-refractivity contribution is 7.10. The van der Waals surface area contributed by atoms with Gasteiger partial charge in [-0.2, -0.15) is 5.10 Å². The van der Waals surface area contributed by atoms with E-state index in [0.717, 1.165) is 30.8 Å². The Balaban J connectivity index is 1.63. The van der Waals surface area contributed by atoms with Crippen molar-refractivity contribution in [3.05, 3.63) is 40.8 Å². The molecule has 1 unspecified atom stereocenters. The van der Waals surface area contributed by atoms with Crippen molar-refractivity contribution in [3.63, 3.8) is 0 Å². The van der Waals surface area contributed by atoms with Crippen LogP contribution in [-0.4, -0.2) is 33.7 Å². The Labute approximate surface area is 116 Å². The predicted molar refractivity (Wildman–Crippen MR) is 75.1 cm³/mol. The molecular weight excluding hydrogens is 258 g/mol. The molecule has 19 heavy (non-hydrogen) atoms. The number of carbonyl (C=O) groups excluding carboxylic acids is 1. The van der Waals surface area contributed by atoms with Gasteiger partial charge in [0.15, 0.2) is 0 Å². The van der Waals surface area contributed by atoms with Gasteiger partial charge >= 0.3 is 0 Å². The molecule has 4 nitrogen and oxygen atoms in total. The molecule has 1 aliphatic rings. The van der Waals surface area contributed by atoms with Crippen molar-refractivity contribution in [3.8, 4) is 0 Å². The summed E-state index contributed by atoms with van der Waals surface area (Å²) in [5.41, 5.74) is 0. The smallest absolute Gasteiger partial charge is 0.227 e. The van der Waals surface area contributed by atoms with E-state index in [1.165, 1.54) is 0 Å². The zero-order valence-corrected chi connectivity index (χ0v) is 11.6. The van der Waals surface area contributed by atoms with Crippen LogP contribution < -0.4 is 0 Å². The highest BCUT2D eigenvalue weighted by Crippen LogP contribution is 2.21. The second-order valence-electron chi connectivity index (χ2n) is 4.88. The Hall–Kier alpha value is -1.62. The molecule has 3 heterocycles. The van der Waals surface area contributed by atoms with Crippen molar-refractivity contribution in [2.45, 2.75) is 25.3 Å². The standard InChI is InChI=1S/C14H17N3OS/c18-14(10-13-5-2-9-19-13)16-7-1-4-12(11-16)17-8-3-6-15-17/h2-3,5-6,8-9,12H,1,4,7,10-11H2. The number of nitrogens with zero attached hydrogens (tertiary/aromatic N) is 3. The number of rotatable bonds is 3. The van der Waals surface area contributed by atoms with Gasteiger partial charge in [-0.25, -0.2) is 0 Å². The fourth-order valence-corrected chi connectivity index (χ4v) is 3.26. The number of thiophene rings is 1. The summed E-state index contributed by atoms with van der Waals surface area (Å²) < 4.78 is 1.98. The minimum absolute atomic E-state index is 0.235. The molecule has 2 aromatic heterocycles. The first-order valence-corrected chi connectivity index (χ1v) is 7.50. The van der Waals surface area contributed by atoms with E-state index in [2.05, 4.69) is 5.10 Å². The number of hydrogen-bond acceptors (Lipinski definition) is 3. The first kappa shape index (κ1) is 12.4. The number of likely N-dealkylation sites (tertiary alicyclic amines) is 1. The highest BCUT2D eigenvalue weighted by atomic mass is 32.1. The normalized spacial score (nSPS) is 19.6. The summed E-state index contributed by atoms with van der Waals surface area (Å²) >= 11 is 1.65. The van der Waals surface area contributed by atoms with Gasteiger partial charge in [0.1, 0.15) is 0 Å². The number of piperidine rings is 1. The summed E-state index contributed by atoms with van der Waals surface area (Å²) in [7, 11) is 0.